The Labute approximate surface area is 90.3 Å². The summed E-state index contributed by atoms with van der Waals surface area (Å²) in [4.78, 5) is 1.97. The van der Waals surface area contributed by atoms with Crippen molar-refractivity contribution in [3.05, 3.63) is 29.8 Å². The molecule has 0 spiro atoms. The number of hydrogen-bond donors (Lipinski definition) is 0. The van der Waals surface area contributed by atoms with E-state index in [9.17, 15) is 8.42 Å². The van der Waals surface area contributed by atoms with Crippen molar-refractivity contribution in [2.45, 2.75) is 0 Å². The Morgan fingerprint density at radius 1 is 1.20 bits per heavy atom. The first-order valence-corrected chi connectivity index (χ1v) is 6.26. The molecule has 0 aliphatic carbocycles. The maximum absolute atomic E-state index is 10.8. The topological polar surface area (TPSA) is 49.7 Å². The summed E-state index contributed by atoms with van der Waals surface area (Å²) in [5.74, 6) is 0. The van der Waals surface area contributed by atoms with E-state index in [0.29, 0.717) is 0 Å². The lowest BCUT2D eigenvalue weighted by atomic mass is 10.2. The molecule has 4 nitrogen and oxygen atoms in total. The first-order chi connectivity index (χ1) is 6.88. The lowest BCUT2D eigenvalue weighted by molar-refractivity contribution is 0.604. The van der Waals surface area contributed by atoms with Crippen LogP contribution in [0.1, 0.15) is 5.56 Å². The number of hydrogen-bond acceptors (Lipinski definition) is 3. The minimum Gasteiger partial charge on any atom is -0.378 e. The van der Waals surface area contributed by atoms with Gasteiger partial charge in [0.1, 0.15) is 0 Å². The molecule has 1 aromatic rings. The first-order valence-electron chi connectivity index (χ1n) is 4.41. The van der Waals surface area contributed by atoms with Crippen LogP contribution in [-0.2, 0) is 10.0 Å². The van der Waals surface area contributed by atoms with Gasteiger partial charge in [-0.1, -0.05) is 12.1 Å². The molecule has 5 heteroatoms. The number of nitrogens with zero attached hydrogens (tertiary/aromatic N) is 2. The Balaban J connectivity index is 2.86. The fourth-order valence-corrected chi connectivity index (χ4v) is 1.33. The molecule has 0 amide bonds. The minimum atomic E-state index is -3.29. The van der Waals surface area contributed by atoms with Crippen molar-refractivity contribution in [1.29, 1.82) is 0 Å². The average Bonchev–Trinajstić information content (AvgIpc) is 2.14. The predicted molar refractivity (Wildman–Crippen MR) is 63.2 cm³/mol. The number of sulfonamides is 1. The summed E-state index contributed by atoms with van der Waals surface area (Å²) in [5.41, 5.74) is 1.83. The zero-order valence-corrected chi connectivity index (χ0v) is 9.82. The van der Waals surface area contributed by atoms with Crippen LogP contribution >= 0.6 is 0 Å². The average molecular weight is 226 g/mol. The van der Waals surface area contributed by atoms with E-state index in [0.717, 1.165) is 17.5 Å². The number of benzene rings is 1. The zero-order valence-electron chi connectivity index (χ0n) is 9.01. The Hall–Kier alpha value is -1.36. The molecule has 82 valence electrons. The SMILES string of the molecule is CN(C)c1ccc(C=NS(C)(=O)=O)cc1. The molecule has 0 N–H and O–H groups in total. The van der Waals surface area contributed by atoms with Crippen molar-refractivity contribution in [2.75, 3.05) is 25.3 Å². The summed E-state index contributed by atoms with van der Waals surface area (Å²) in [6.45, 7) is 0. The van der Waals surface area contributed by atoms with Crippen LogP contribution in [0.25, 0.3) is 0 Å². The van der Waals surface area contributed by atoms with E-state index in [1.54, 1.807) is 0 Å². The van der Waals surface area contributed by atoms with E-state index < -0.39 is 10.0 Å². The van der Waals surface area contributed by atoms with Crippen molar-refractivity contribution in [3.63, 3.8) is 0 Å². The maximum atomic E-state index is 10.8. The molecule has 0 bridgehead atoms. The molecule has 0 aliphatic rings. The largest absolute Gasteiger partial charge is 0.378 e. The van der Waals surface area contributed by atoms with Gasteiger partial charge in [0.25, 0.3) is 0 Å². The molecular weight excluding hydrogens is 212 g/mol. The van der Waals surface area contributed by atoms with Gasteiger partial charge in [-0.15, -0.1) is 0 Å². The minimum absolute atomic E-state index is 0.769. The van der Waals surface area contributed by atoms with Gasteiger partial charge in [-0.2, -0.15) is 4.40 Å². The van der Waals surface area contributed by atoms with E-state index in [-0.39, 0.29) is 0 Å². The van der Waals surface area contributed by atoms with Gasteiger partial charge in [0.05, 0.1) is 6.26 Å². The predicted octanol–water partition coefficient (Wildman–Crippen LogP) is 1.13. The quantitative estimate of drug-likeness (QED) is 0.726. The van der Waals surface area contributed by atoms with E-state index in [1.807, 2.05) is 43.3 Å². The second kappa shape index (κ2) is 4.44. The lowest BCUT2D eigenvalue weighted by Crippen LogP contribution is -2.08. The second-order valence-corrected chi connectivity index (χ2v) is 5.13. The zero-order chi connectivity index (χ0) is 11.5. The molecule has 0 heterocycles. The Morgan fingerprint density at radius 3 is 2.13 bits per heavy atom. The highest BCUT2D eigenvalue weighted by Crippen LogP contribution is 2.10. The van der Waals surface area contributed by atoms with Crippen LogP contribution in [0.4, 0.5) is 5.69 Å². The number of anilines is 1. The highest BCUT2D eigenvalue weighted by atomic mass is 32.2. The van der Waals surface area contributed by atoms with Crippen molar-refractivity contribution in [3.8, 4) is 0 Å². The fourth-order valence-electron chi connectivity index (χ4n) is 1.02. The van der Waals surface area contributed by atoms with Gasteiger partial charge in [0.2, 0.25) is 10.0 Å². The summed E-state index contributed by atoms with van der Waals surface area (Å²) < 4.78 is 25.0. The summed E-state index contributed by atoms with van der Waals surface area (Å²) in [5, 5.41) is 0. The van der Waals surface area contributed by atoms with E-state index in [1.165, 1.54) is 6.21 Å². The Bertz CT molecular complexity index is 447. The molecule has 0 unspecified atom stereocenters. The molecule has 0 radical (unpaired) electrons. The molecule has 1 rings (SSSR count). The third-order valence-electron chi connectivity index (χ3n) is 1.80. The van der Waals surface area contributed by atoms with Gasteiger partial charge in [-0.3, -0.25) is 0 Å². The first kappa shape index (κ1) is 11.7. The smallest absolute Gasteiger partial charge is 0.250 e. The lowest BCUT2D eigenvalue weighted by Gasteiger charge is -2.11. The Kier molecular flexibility index (Phi) is 3.47. The highest BCUT2D eigenvalue weighted by Gasteiger charge is 1.96. The standard InChI is InChI=1S/C10H14N2O2S/c1-12(2)10-6-4-9(5-7-10)8-11-15(3,13)14/h4-8H,1-3H3. The summed E-state index contributed by atoms with van der Waals surface area (Å²) in [6.07, 6.45) is 2.41. The van der Waals surface area contributed by atoms with Gasteiger partial charge in [-0.05, 0) is 17.7 Å². The van der Waals surface area contributed by atoms with E-state index in [4.69, 9.17) is 0 Å². The second-order valence-electron chi connectivity index (χ2n) is 3.45. The summed E-state index contributed by atoms with van der Waals surface area (Å²) in [7, 11) is 0.598. The van der Waals surface area contributed by atoms with Gasteiger partial charge >= 0.3 is 0 Å². The van der Waals surface area contributed by atoms with Crippen LogP contribution < -0.4 is 4.90 Å². The third kappa shape index (κ3) is 4.12. The molecule has 0 saturated carbocycles. The van der Waals surface area contributed by atoms with Crippen molar-refractivity contribution in [2.24, 2.45) is 4.40 Å². The van der Waals surface area contributed by atoms with Gasteiger partial charge in [-0.25, -0.2) is 8.42 Å². The molecule has 1 aromatic carbocycles. The van der Waals surface area contributed by atoms with Crippen LogP contribution in [0.3, 0.4) is 0 Å². The summed E-state index contributed by atoms with van der Waals surface area (Å²) >= 11 is 0. The molecular formula is C10H14N2O2S. The molecule has 0 atom stereocenters. The van der Waals surface area contributed by atoms with Crippen molar-refractivity contribution < 1.29 is 8.42 Å². The van der Waals surface area contributed by atoms with Crippen molar-refractivity contribution >= 4 is 21.9 Å². The summed E-state index contributed by atoms with van der Waals surface area (Å²) in [6, 6.07) is 7.46. The normalized spacial score (nSPS) is 11.9. The van der Waals surface area contributed by atoms with E-state index in [2.05, 4.69) is 4.40 Å². The highest BCUT2D eigenvalue weighted by molar-refractivity contribution is 7.89. The molecule has 15 heavy (non-hydrogen) atoms. The fraction of sp³-hybridized carbons (Fsp3) is 0.300. The monoisotopic (exact) mass is 226 g/mol. The molecule has 0 saturated heterocycles. The number of rotatable bonds is 3. The third-order valence-corrected chi connectivity index (χ3v) is 2.29. The van der Waals surface area contributed by atoms with Crippen LogP contribution in [0.15, 0.2) is 28.7 Å². The van der Waals surface area contributed by atoms with Crippen LogP contribution in [-0.4, -0.2) is 35.0 Å². The molecule has 0 fully saturated rings. The van der Waals surface area contributed by atoms with Crippen LogP contribution in [0, 0.1) is 0 Å². The van der Waals surface area contributed by atoms with Gasteiger partial charge < -0.3 is 4.90 Å². The Morgan fingerprint density at radius 2 is 1.73 bits per heavy atom. The van der Waals surface area contributed by atoms with Crippen molar-refractivity contribution in [1.82, 2.24) is 0 Å². The van der Waals surface area contributed by atoms with Gasteiger partial charge in [0, 0.05) is 26.0 Å². The van der Waals surface area contributed by atoms with Gasteiger partial charge in [0.15, 0.2) is 0 Å². The molecule has 0 aliphatic heterocycles. The van der Waals surface area contributed by atoms with Crippen LogP contribution in [0.5, 0.6) is 0 Å². The maximum Gasteiger partial charge on any atom is 0.250 e. The van der Waals surface area contributed by atoms with Crippen LogP contribution in [0.2, 0.25) is 0 Å². The van der Waals surface area contributed by atoms with E-state index >= 15 is 0 Å². The molecule has 0 aromatic heterocycles.